The van der Waals surface area contributed by atoms with Crippen LogP contribution in [-0.2, 0) is 12.8 Å². The maximum Gasteiger partial charge on any atom is 0.200 e. The first-order valence-electron chi connectivity index (χ1n) is 6.68. The summed E-state index contributed by atoms with van der Waals surface area (Å²) in [5, 5.41) is 0. The predicted molar refractivity (Wildman–Crippen MR) is 74.9 cm³/mol. The lowest BCUT2D eigenvalue weighted by Crippen LogP contribution is -2.08. The first kappa shape index (κ1) is 16.9. The second-order valence-corrected chi connectivity index (χ2v) is 5.04. The topological polar surface area (TPSA) is 38.9 Å². The first-order valence-corrected chi connectivity index (χ1v) is 6.68. The van der Waals surface area contributed by atoms with Crippen LogP contribution in [-0.4, -0.2) is 4.98 Å². The monoisotopic (exact) mass is 328 g/mol. The van der Waals surface area contributed by atoms with Crippen molar-refractivity contribution in [1.29, 1.82) is 0 Å². The molecule has 0 aliphatic rings. The van der Waals surface area contributed by atoms with E-state index in [1.807, 2.05) is 0 Å². The highest BCUT2D eigenvalue weighted by Crippen LogP contribution is 2.24. The number of nitrogens with two attached hydrogens (primary N) is 1. The number of benzene rings is 1. The fourth-order valence-corrected chi connectivity index (χ4v) is 2.00. The number of allylic oxidation sites excluding steroid dienone is 1. The van der Waals surface area contributed by atoms with Gasteiger partial charge in [-0.3, -0.25) is 4.98 Å². The van der Waals surface area contributed by atoms with E-state index in [2.05, 4.69) is 11.6 Å². The fraction of sp³-hybridized carbons (Fsp3) is 0.188. The molecule has 23 heavy (non-hydrogen) atoms. The quantitative estimate of drug-likeness (QED) is 0.515. The molecule has 7 heteroatoms. The van der Waals surface area contributed by atoms with Gasteiger partial charge in [0.05, 0.1) is 0 Å². The van der Waals surface area contributed by atoms with Crippen LogP contribution in [0, 0.1) is 29.1 Å². The third kappa shape index (κ3) is 3.67. The van der Waals surface area contributed by atoms with E-state index in [1.165, 1.54) is 12.3 Å². The van der Waals surface area contributed by atoms with Gasteiger partial charge in [0.25, 0.3) is 0 Å². The van der Waals surface area contributed by atoms with Crippen molar-refractivity contribution in [3.8, 4) is 0 Å². The number of aromatic nitrogens is 1. The number of rotatable bonds is 5. The van der Waals surface area contributed by atoms with Gasteiger partial charge in [-0.05, 0) is 24.5 Å². The molecule has 0 aliphatic carbocycles. The molecular weight excluding hydrogens is 315 g/mol. The minimum absolute atomic E-state index is 0.184. The summed E-state index contributed by atoms with van der Waals surface area (Å²) in [6.07, 6.45) is 2.10. The van der Waals surface area contributed by atoms with E-state index in [0.29, 0.717) is 18.5 Å². The normalized spacial score (nSPS) is 10.8. The molecule has 1 aromatic carbocycles. The van der Waals surface area contributed by atoms with Crippen molar-refractivity contribution in [1.82, 2.24) is 4.98 Å². The molecule has 1 aromatic heterocycles. The lowest BCUT2D eigenvalue weighted by molar-refractivity contribution is 0.371. The van der Waals surface area contributed by atoms with E-state index in [1.54, 1.807) is 6.07 Å². The Morgan fingerprint density at radius 1 is 0.957 bits per heavy atom. The zero-order valence-corrected chi connectivity index (χ0v) is 12.0. The van der Waals surface area contributed by atoms with Gasteiger partial charge in [0.2, 0.25) is 5.82 Å². The van der Waals surface area contributed by atoms with Crippen LogP contribution in [0.2, 0.25) is 0 Å². The lowest BCUT2D eigenvalue weighted by Gasteiger charge is -2.08. The average molecular weight is 328 g/mol. The second kappa shape index (κ2) is 6.76. The van der Waals surface area contributed by atoms with Crippen molar-refractivity contribution in [3.05, 3.63) is 76.5 Å². The van der Waals surface area contributed by atoms with Crippen LogP contribution < -0.4 is 5.73 Å². The molecular formula is C16H13F5N2. The average Bonchev–Trinajstić information content (AvgIpc) is 2.54. The van der Waals surface area contributed by atoms with Crippen molar-refractivity contribution in [3.63, 3.8) is 0 Å². The highest BCUT2D eigenvalue weighted by molar-refractivity contribution is 5.29. The molecule has 0 bridgehead atoms. The largest absolute Gasteiger partial charge is 0.403 e. The summed E-state index contributed by atoms with van der Waals surface area (Å²) in [7, 11) is 0. The van der Waals surface area contributed by atoms with Crippen LogP contribution in [0.5, 0.6) is 0 Å². The number of nitrogens with zero attached hydrogens (tertiary/aromatic N) is 1. The summed E-state index contributed by atoms with van der Waals surface area (Å²) >= 11 is 0. The molecule has 0 amide bonds. The SMILES string of the molecule is C=C(N)CCc1ccc(Cc2c(F)c(F)c(F)c(F)c2F)nc1. The van der Waals surface area contributed by atoms with Crippen LogP contribution in [0.4, 0.5) is 22.0 Å². The predicted octanol–water partition coefficient (Wildman–Crippen LogP) is 3.77. The van der Waals surface area contributed by atoms with Crippen molar-refractivity contribution >= 4 is 0 Å². The minimum atomic E-state index is -2.17. The van der Waals surface area contributed by atoms with Crippen LogP contribution >= 0.6 is 0 Å². The van der Waals surface area contributed by atoms with Gasteiger partial charge in [-0.2, -0.15) is 0 Å². The molecule has 0 spiro atoms. The molecule has 0 unspecified atom stereocenters. The van der Waals surface area contributed by atoms with Crippen LogP contribution in [0.25, 0.3) is 0 Å². The fourth-order valence-electron chi connectivity index (χ4n) is 2.00. The minimum Gasteiger partial charge on any atom is -0.403 e. The smallest absolute Gasteiger partial charge is 0.200 e. The van der Waals surface area contributed by atoms with Gasteiger partial charge in [-0.15, -0.1) is 0 Å². The van der Waals surface area contributed by atoms with E-state index in [4.69, 9.17) is 5.73 Å². The van der Waals surface area contributed by atoms with Gasteiger partial charge in [-0.1, -0.05) is 12.6 Å². The standard InChI is InChI=1S/C16H13F5N2/c1-8(22)2-3-9-4-5-10(23-7-9)6-11-12(17)14(19)16(21)15(20)13(11)18/h4-5,7H,1-3,6,22H2. The highest BCUT2D eigenvalue weighted by Gasteiger charge is 2.25. The van der Waals surface area contributed by atoms with Crippen molar-refractivity contribution in [2.24, 2.45) is 5.73 Å². The maximum absolute atomic E-state index is 13.6. The molecule has 0 aliphatic heterocycles. The zero-order valence-electron chi connectivity index (χ0n) is 12.0. The Labute approximate surface area is 129 Å². The van der Waals surface area contributed by atoms with Gasteiger partial charge in [-0.25, -0.2) is 22.0 Å². The number of halogens is 5. The molecule has 2 rings (SSSR count). The Morgan fingerprint density at radius 2 is 1.52 bits per heavy atom. The summed E-state index contributed by atoms with van der Waals surface area (Å²) in [5.74, 6) is -9.78. The summed E-state index contributed by atoms with van der Waals surface area (Å²) in [4.78, 5) is 3.97. The summed E-state index contributed by atoms with van der Waals surface area (Å²) in [5.41, 5.74) is 6.05. The Morgan fingerprint density at radius 3 is 2.00 bits per heavy atom. The zero-order chi connectivity index (χ0) is 17.1. The van der Waals surface area contributed by atoms with E-state index in [-0.39, 0.29) is 5.69 Å². The van der Waals surface area contributed by atoms with Gasteiger partial charge in [0, 0.05) is 29.6 Å². The van der Waals surface area contributed by atoms with E-state index >= 15 is 0 Å². The van der Waals surface area contributed by atoms with Gasteiger partial charge in [0.15, 0.2) is 23.3 Å². The van der Waals surface area contributed by atoms with Crippen molar-refractivity contribution in [2.45, 2.75) is 19.3 Å². The van der Waals surface area contributed by atoms with Gasteiger partial charge in [0.1, 0.15) is 0 Å². The summed E-state index contributed by atoms with van der Waals surface area (Å²) in [6, 6.07) is 3.12. The van der Waals surface area contributed by atoms with E-state index < -0.39 is 41.1 Å². The molecule has 2 aromatic rings. The number of aryl methyl sites for hydroxylation is 1. The molecule has 2 N–H and O–H groups in total. The summed E-state index contributed by atoms with van der Waals surface area (Å²) in [6.45, 7) is 3.56. The second-order valence-electron chi connectivity index (χ2n) is 5.04. The van der Waals surface area contributed by atoms with Crippen LogP contribution in [0.15, 0.2) is 30.6 Å². The molecule has 2 nitrogen and oxygen atoms in total. The third-order valence-corrected chi connectivity index (χ3v) is 3.28. The Hall–Kier alpha value is -2.44. The molecule has 1 heterocycles. The number of pyridine rings is 1. The molecule has 0 saturated heterocycles. The van der Waals surface area contributed by atoms with Crippen molar-refractivity contribution < 1.29 is 22.0 Å². The Kier molecular flexibility index (Phi) is 4.98. The van der Waals surface area contributed by atoms with E-state index in [0.717, 1.165) is 5.56 Å². The Bertz CT molecular complexity index is 712. The molecule has 0 radical (unpaired) electrons. The van der Waals surface area contributed by atoms with Crippen LogP contribution in [0.3, 0.4) is 0 Å². The van der Waals surface area contributed by atoms with E-state index in [9.17, 15) is 22.0 Å². The van der Waals surface area contributed by atoms with Gasteiger partial charge < -0.3 is 5.73 Å². The third-order valence-electron chi connectivity index (χ3n) is 3.28. The molecule has 0 fully saturated rings. The number of hydrogen-bond acceptors (Lipinski definition) is 2. The molecule has 122 valence electrons. The maximum atomic E-state index is 13.6. The van der Waals surface area contributed by atoms with Crippen LogP contribution in [0.1, 0.15) is 23.2 Å². The lowest BCUT2D eigenvalue weighted by atomic mass is 10.1. The number of hydrogen-bond donors (Lipinski definition) is 1. The first-order chi connectivity index (χ1) is 10.8. The molecule has 0 atom stereocenters. The molecule has 0 saturated carbocycles. The van der Waals surface area contributed by atoms with Gasteiger partial charge >= 0.3 is 0 Å². The summed E-state index contributed by atoms with van der Waals surface area (Å²) < 4.78 is 66.5. The van der Waals surface area contributed by atoms with Crippen molar-refractivity contribution in [2.75, 3.05) is 0 Å². The highest BCUT2D eigenvalue weighted by atomic mass is 19.2. The Balaban J connectivity index is 2.25.